The Morgan fingerprint density at radius 1 is 1.05 bits per heavy atom. The van der Waals surface area contributed by atoms with Gasteiger partial charge < -0.3 is 10.6 Å². The first-order chi connectivity index (χ1) is 18.8. The number of amides is 2. The summed E-state index contributed by atoms with van der Waals surface area (Å²) in [5.41, 5.74) is 5.59. The predicted octanol–water partition coefficient (Wildman–Crippen LogP) is 1.73. The molecule has 0 aliphatic carbocycles. The van der Waals surface area contributed by atoms with Crippen LogP contribution in [0, 0.1) is 0 Å². The molecule has 0 bridgehead atoms. The van der Waals surface area contributed by atoms with E-state index in [0.29, 0.717) is 25.9 Å². The van der Waals surface area contributed by atoms with Crippen LogP contribution in [0.15, 0.2) is 77.1 Å². The second-order valence-electron chi connectivity index (χ2n) is 8.35. The lowest BCUT2D eigenvalue weighted by atomic mass is 10.1. The summed E-state index contributed by atoms with van der Waals surface area (Å²) in [6.45, 7) is 1.38. The van der Waals surface area contributed by atoms with Crippen LogP contribution in [-0.2, 0) is 21.5 Å². The van der Waals surface area contributed by atoms with Gasteiger partial charge >= 0.3 is 0 Å². The van der Waals surface area contributed by atoms with Crippen LogP contribution in [0.4, 0.5) is 5.82 Å². The Morgan fingerprint density at radius 3 is 2.56 bits per heavy atom. The molecule has 2 aromatic heterocycles. The third kappa shape index (κ3) is 9.54. The van der Waals surface area contributed by atoms with Crippen molar-refractivity contribution in [3.63, 3.8) is 0 Å². The minimum Gasteiger partial charge on any atom is -0.340 e. The van der Waals surface area contributed by atoms with Crippen LogP contribution in [0.2, 0.25) is 0 Å². The van der Waals surface area contributed by atoms with E-state index in [-0.39, 0.29) is 21.8 Å². The number of anilines is 1. The van der Waals surface area contributed by atoms with E-state index in [4.69, 9.17) is 5.21 Å². The van der Waals surface area contributed by atoms with Crippen LogP contribution < -0.4 is 21.5 Å². The lowest BCUT2D eigenvalue weighted by molar-refractivity contribution is -0.131. The highest BCUT2D eigenvalue weighted by atomic mass is 32.2. The Hall–Kier alpha value is -4.24. The zero-order valence-electron chi connectivity index (χ0n) is 20.8. The van der Waals surface area contributed by atoms with Crippen molar-refractivity contribution >= 4 is 34.0 Å². The molecule has 2 heterocycles. The Morgan fingerprint density at radius 2 is 1.87 bits per heavy atom. The standard InChI is InChI=1S/C25H29N7O6S/c33-24(30-21(25(34)32-35)8-3-4-12-26-14-18-6-5-13-27-15-18)20-10-11-23(28-16-20)31-29-17-19-7-1-2-9-22(19)39(36,37)38/h1-2,5-7,9-11,13,15-17,21,26,35H,3-4,8,12,14H2,(H,28,31)(H,30,33)(H,32,34)(H,36,37,38)/b29-17+. The van der Waals surface area contributed by atoms with Gasteiger partial charge in [0.05, 0.1) is 11.8 Å². The van der Waals surface area contributed by atoms with Crippen LogP contribution in [0.25, 0.3) is 0 Å². The normalized spacial score (nSPS) is 12.2. The fraction of sp³-hybridized carbons (Fsp3) is 0.240. The van der Waals surface area contributed by atoms with Crippen LogP contribution >= 0.6 is 0 Å². The maximum atomic E-state index is 12.6. The Labute approximate surface area is 225 Å². The number of carbonyl (C=O) groups excluding carboxylic acids is 2. The van der Waals surface area contributed by atoms with Gasteiger partial charge in [-0.3, -0.25) is 29.8 Å². The first-order valence-electron chi connectivity index (χ1n) is 11.9. The number of carbonyl (C=O) groups is 2. The van der Waals surface area contributed by atoms with Crippen molar-refractivity contribution in [3.8, 4) is 0 Å². The molecule has 0 radical (unpaired) electrons. The molecule has 0 aliphatic rings. The number of benzene rings is 1. The van der Waals surface area contributed by atoms with Crippen molar-refractivity contribution in [2.45, 2.75) is 36.7 Å². The molecule has 1 atom stereocenters. The highest BCUT2D eigenvalue weighted by Crippen LogP contribution is 2.13. The number of hydrogen-bond acceptors (Lipinski definition) is 10. The summed E-state index contributed by atoms with van der Waals surface area (Å²) < 4.78 is 32.2. The van der Waals surface area contributed by atoms with Gasteiger partial charge in [0.1, 0.15) is 16.8 Å². The Balaban J connectivity index is 1.48. The van der Waals surface area contributed by atoms with E-state index in [1.54, 1.807) is 23.9 Å². The number of nitrogens with zero attached hydrogens (tertiary/aromatic N) is 3. The molecule has 39 heavy (non-hydrogen) atoms. The van der Waals surface area contributed by atoms with Gasteiger partial charge in [0.25, 0.3) is 21.9 Å². The van der Waals surface area contributed by atoms with Gasteiger partial charge in [-0.15, -0.1) is 0 Å². The maximum absolute atomic E-state index is 12.6. The lowest BCUT2D eigenvalue weighted by Crippen LogP contribution is -2.45. The fourth-order valence-electron chi connectivity index (χ4n) is 3.51. The zero-order valence-corrected chi connectivity index (χ0v) is 21.6. The molecule has 1 unspecified atom stereocenters. The van der Waals surface area contributed by atoms with E-state index in [2.05, 4.69) is 31.1 Å². The summed E-state index contributed by atoms with van der Waals surface area (Å²) in [6, 6.07) is 11.6. The third-order valence-corrected chi connectivity index (χ3v) is 6.41. The first-order valence-corrected chi connectivity index (χ1v) is 13.4. The summed E-state index contributed by atoms with van der Waals surface area (Å²) >= 11 is 0. The highest BCUT2D eigenvalue weighted by molar-refractivity contribution is 7.86. The molecule has 6 N–H and O–H groups in total. The summed E-state index contributed by atoms with van der Waals surface area (Å²) in [6.07, 6.45) is 7.66. The van der Waals surface area contributed by atoms with E-state index in [9.17, 15) is 22.6 Å². The van der Waals surface area contributed by atoms with Gasteiger partial charge in [-0.05, 0) is 55.6 Å². The number of hydroxylamine groups is 1. The van der Waals surface area contributed by atoms with Gasteiger partial charge in [-0.2, -0.15) is 13.5 Å². The molecule has 0 fully saturated rings. The molecule has 206 valence electrons. The molecule has 0 saturated carbocycles. The van der Waals surface area contributed by atoms with E-state index >= 15 is 0 Å². The molecule has 3 aromatic rings. The van der Waals surface area contributed by atoms with Gasteiger partial charge in [-0.1, -0.05) is 24.3 Å². The minimum absolute atomic E-state index is 0.168. The molecule has 3 rings (SSSR count). The smallest absolute Gasteiger partial charge is 0.295 e. The van der Waals surface area contributed by atoms with Crippen LogP contribution in [-0.4, -0.2) is 58.8 Å². The number of hydrazone groups is 1. The highest BCUT2D eigenvalue weighted by Gasteiger charge is 2.21. The molecule has 13 nitrogen and oxygen atoms in total. The summed E-state index contributed by atoms with van der Waals surface area (Å²) in [4.78, 5) is 32.6. The van der Waals surface area contributed by atoms with Gasteiger partial charge in [0.15, 0.2) is 0 Å². The quantitative estimate of drug-likeness (QED) is 0.0560. The maximum Gasteiger partial charge on any atom is 0.295 e. The van der Waals surface area contributed by atoms with Crippen LogP contribution in [0.1, 0.15) is 40.7 Å². The number of aromatic nitrogens is 2. The van der Waals surface area contributed by atoms with Gasteiger partial charge in [0.2, 0.25) is 0 Å². The first kappa shape index (κ1) is 29.3. The third-order valence-electron chi connectivity index (χ3n) is 5.49. The van der Waals surface area contributed by atoms with Gasteiger partial charge in [0, 0.05) is 30.7 Å². The molecule has 0 aliphatic heterocycles. The molecule has 0 spiro atoms. The molecule has 0 saturated heterocycles. The summed E-state index contributed by atoms with van der Waals surface area (Å²) in [7, 11) is -4.41. The second kappa shape index (κ2) is 14.6. The average molecular weight is 556 g/mol. The monoisotopic (exact) mass is 555 g/mol. The fourth-order valence-corrected chi connectivity index (χ4v) is 4.18. The number of hydrogen-bond donors (Lipinski definition) is 6. The molecule has 1 aromatic carbocycles. The zero-order chi connectivity index (χ0) is 28.1. The number of nitrogens with one attached hydrogen (secondary N) is 4. The van der Waals surface area contributed by atoms with Crippen molar-refractivity contribution in [2.75, 3.05) is 12.0 Å². The van der Waals surface area contributed by atoms with Crippen molar-refractivity contribution < 1.29 is 27.8 Å². The predicted molar refractivity (Wildman–Crippen MR) is 143 cm³/mol. The lowest BCUT2D eigenvalue weighted by Gasteiger charge is -2.17. The number of rotatable bonds is 14. The summed E-state index contributed by atoms with van der Waals surface area (Å²) in [5.74, 6) is -1.02. The number of pyridine rings is 2. The van der Waals surface area contributed by atoms with Gasteiger partial charge in [-0.25, -0.2) is 10.5 Å². The SMILES string of the molecule is O=C(NC(CCCCNCc1cccnc1)C(=O)NO)c1ccc(N/N=C/c2ccccc2S(=O)(=O)O)nc1. The molecule has 2 amide bonds. The van der Waals surface area contributed by atoms with E-state index < -0.39 is 28.0 Å². The number of unbranched alkanes of at least 4 members (excludes halogenated alkanes) is 1. The minimum atomic E-state index is -4.41. The van der Waals surface area contributed by atoms with Crippen molar-refractivity contribution in [3.05, 3.63) is 83.8 Å². The van der Waals surface area contributed by atoms with Crippen LogP contribution in [0.3, 0.4) is 0 Å². The van der Waals surface area contributed by atoms with Crippen LogP contribution in [0.5, 0.6) is 0 Å². The van der Waals surface area contributed by atoms with Crippen molar-refractivity contribution in [1.82, 2.24) is 26.1 Å². The second-order valence-corrected chi connectivity index (χ2v) is 9.74. The summed E-state index contributed by atoms with van der Waals surface area (Å²) in [5, 5.41) is 18.9. The molecular formula is C25H29N7O6S. The van der Waals surface area contributed by atoms with E-state index in [1.165, 1.54) is 42.7 Å². The molecular weight excluding hydrogens is 526 g/mol. The van der Waals surface area contributed by atoms with Crippen molar-refractivity contribution in [1.29, 1.82) is 0 Å². The molecule has 14 heteroatoms. The Kier molecular flexibility index (Phi) is 11.0. The average Bonchev–Trinajstić information content (AvgIpc) is 2.94. The van der Waals surface area contributed by atoms with Crippen molar-refractivity contribution in [2.24, 2.45) is 5.10 Å². The Bertz CT molecular complexity index is 1370. The topological polar surface area (TPSA) is 195 Å². The van der Waals surface area contributed by atoms with E-state index in [0.717, 1.165) is 12.0 Å². The van der Waals surface area contributed by atoms with E-state index in [1.807, 2.05) is 12.1 Å². The largest absolute Gasteiger partial charge is 0.340 e.